The molecule has 1 fully saturated rings. The van der Waals surface area contributed by atoms with Crippen LogP contribution in [0.4, 0.5) is 0 Å². The van der Waals surface area contributed by atoms with Crippen LogP contribution >= 0.6 is 0 Å². The Labute approximate surface area is 88.2 Å². The largest absolute Gasteiger partial charge is 0.327 e. The molecule has 0 amide bonds. The van der Waals surface area contributed by atoms with Gasteiger partial charge >= 0.3 is 0 Å². The second-order valence-corrected chi connectivity index (χ2v) is 5.15. The summed E-state index contributed by atoms with van der Waals surface area (Å²) in [7, 11) is 6.56. The van der Waals surface area contributed by atoms with E-state index in [4.69, 9.17) is 5.73 Å². The highest BCUT2D eigenvalue weighted by Gasteiger charge is 2.39. The molecule has 3 nitrogen and oxygen atoms in total. The molecule has 0 aromatic heterocycles. The molecule has 1 aliphatic rings. The van der Waals surface area contributed by atoms with Crippen molar-refractivity contribution in [3.8, 4) is 0 Å². The third kappa shape index (κ3) is 2.69. The standard InChI is InChI=1S/C11H25N3/c1-10(12)8-14(4)9-11(13(2)3)6-5-7-11/h10H,5-9,12H2,1-4H3/t10-/m1/s1. The van der Waals surface area contributed by atoms with E-state index in [1.54, 1.807) is 0 Å². The lowest BCUT2D eigenvalue weighted by molar-refractivity contribution is 0.0269. The molecule has 1 saturated carbocycles. The lowest BCUT2D eigenvalue weighted by Crippen LogP contribution is -2.57. The normalized spacial score (nSPS) is 22.5. The van der Waals surface area contributed by atoms with Crippen molar-refractivity contribution >= 4 is 0 Å². The van der Waals surface area contributed by atoms with E-state index in [9.17, 15) is 0 Å². The molecule has 0 saturated heterocycles. The lowest BCUT2D eigenvalue weighted by Gasteiger charge is -2.49. The molecule has 0 heterocycles. The molecule has 0 spiro atoms. The summed E-state index contributed by atoms with van der Waals surface area (Å²) in [5, 5.41) is 0. The van der Waals surface area contributed by atoms with Gasteiger partial charge in [0.25, 0.3) is 0 Å². The molecule has 84 valence electrons. The van der Waals surface area contributed by atoms with Crippen molar-refractivity contribution in [1.82, 2.24) is 9.80 Å². The second kappa shape index (κ2) is 4.60. The fourth-order valence-electron chi connectivity index (χ4n) is 2.39. The molecule has 1 aliphatic carbocycles. The Morgan fingerprint density at radius 1 is 1.29 bits per heavy atom. The maximum atomic E-state index is 5.79. The topological polar surface area (TPSA) is 32.5 Å². The Balaban J connectivity index is 2.40. The molecular weight excluding hydrogens is 174 g/mol. The Morgan fingerprint density at radius 2 is 1.86 bits per heavy atom. The molecule has 14 heavy (non-hydrogen) atoms. The Bertz CT molecular complexity index is 173. The quantitative estimate of drug-likeness (QED) is 0.709. The molecule has 0 bridgehead atoms. The van der Waals surface area contributed by atoms with Crippen LogP contribution in [0.5, 0.6) is 0 Å². The van der Waals surface area contributed by atoms with E-state index in [0.29, 0.717) is 5.54 Å². The summed E-state index contributed by atoms with van der Waals surface area (Å²) in [6.45, 7) is 4.22. The van der Waals surface area contributed by atoms with Gasteiger partial charge in [-0.05, 0) is 47.3 Å². The summed E-state index contributed by atoms with van der Waals surface area (Å²) in [6.07, 6.45) is 4.05. The van der Waals surface area contributed by atoms with Gasteiger partial charge in [-0.2, -0.15) is 0 Å². The van der Waals surface area contributed by atoms with Gasteiger partial charge in [0.1, 0.15) is 0 Å². The SMILES string of the molecule is C[C@@H](N)CN(C)CC1(N(C)C)CCC1. The van der Waals surface area contributed by atoms with Crippen LogP contribution in [0, 0.1) is 0 Å². The van der Waals surface area contributed by atoms with Crippen molar-refractivity contribution in [3.05, 3.63) is 0 Å². The van der Waals surface area contributed by atoms with Gasteiger partial charge in [0.15, 0.2) is 0 Å². The van der Waals surface area contributed by atoms with Gasteiger partial charge in [-0.1, -0.05) is 0 Å². The number of nitrogens with zero attached hydrogens (tertiary/aromatic N) is 2. The molecule has 3 heteroatoms. The average molecular weight is 199 g/mol. The lowest BCUT2D eigenvalue weighted by atomic mass is 9.75. The predicted octanol–water partition coefficient (Wildman–Crippen LogP) is 0.750. The van der Waals surface area contributed by atoms with Crippen molar-refractivity contribution < 1.29 is 0 Å². The molecule has 0 aromatic rings. The minimum absolute atomic E-state index is 0.277. The highest BCUT2D eigenvalue weighted by molar-refractivity contribution is 4.97. The molecule has 0 radical (unpaired) electrons. The molecular formula is C11H25N3. The minimum atomic E-state index is 0.277. The zero-order chi connectivity index (χ0) is 10.8. The first-order valence-corrected chi connectivity index (χ1v) is 5.58. The Morgan fingerprint density at radius 3 is 2.14 bits per heavy atom. The van der Waals surface area contributed by atoms with Gasteiger partial charge < -0.3 is 15.5 Å². The van der Waals surface area contributed by atoms with Crippen molar-refractivity contribution in [2.45, 2.75) is 37.8 Å². The number of rotatable bonds is 5. The predicted molar refractivity (Wildman–Crippen MR) is 61.4 cm³/mol. The van der Waals surface area contributed by atoms with E-state index in [0.717, 1.165) is 13.1 Å². The summed E-state index contributed by atoms with van der Waals surface area (Å²) in [5.41, 5.74) is 6.23. The van der Waals surface area contributed by atoms with Crippen molar-refractivity contribution in [2.75, 3.05) is 34.2 Å². The van der Waals surface area contributed by atoms with Gasteiger partial charge in [0.05, 0.1) is 0 Å². The number of nitrogens with two attached hydrogens (primary N) is 1. The number of hydrogen-bond acceptors (Lipinski definition) is 3. The molecule has 0 aliphatic heterocycles. The van der Waals surface area contributed by atoms with Gasteiger partial charge in [0.2, 0.25) is 0 Å². The van der Waals surface area contributed by atoms with Gasteiger partial charge in [-0.3, -0.25) is 0 Å². The summed E-state index contributed by atoms with van der Waals surface area (Å²) < 4.78 is 0. The van der Waals surface area contributed by atoms with Crippen LogP contribution in [0.1, 0.15) is 26.2 Å². The summed E-state index contributed by atoms with van der Waals surface area (Å²) in [4.78, 5) is 4.75. The van der Waals surface area contributed by atoms with Crippen LogP contribution in [0.25, 0.3) is 0 Å². The molecule has 0 aromatic carbocycles. The van der Waals surface area contributed by atoms with Crippen molar-refractivity contribution in [3.63, 3.8) is 0 Å². The van der Waals surface area contributed by atoms with Crippen LogP contribution in [0.15, 0.2) is 0 Å². The highest BCUT2D eigenvalue weighted by atomic mass is 15.2. The van der Waals surface area contributed by atoms with Crippen molar-refractivity contribution in [1.29, 1.82) is 0 Å². The Hall–Kier alpha value is -0.120. The van der Waals surface area contributed by atoms with Crippen LogP contribution in [-0.4, -0.2) is 55.6 Å². The third-order valence-corrected chi connectivity index (χ3v) is 3.40. The first-order chi connectivity index (χ1) is 6.46. The van der Waals surface area contributed by atoms with Gasteiger partial charge in [0, 0.05) is 24.7 Å². The summed E-state index contributed by atoms with van der Waals surface area (Å²) in [6, 6.07) is 0.277. The minimum Gasteiger partial charge on any atom is -0.327 e. The van der Waals surface area contributed by atoms with Gasteiger partial charge in [-0.25, -0.2) is 0 Å². The molecule has 1 atom stereocenters. The second-order valence-electron chi connectivity index (χ2n) is 5.15. The zero-order valence-corrected chi connectivity index (χ0v) is 10.1. The van der Waals surface area contributed by atoms with Crippen LogP contribution in [-0.2, 0) is 0 Å². The van der Waals surface area contributed by atoms with E-state index < -0.39 is 0 Å². The van der Waals surface area contributed by atoms with Crippen LogP contribution < -0.4 is 5.73 Å². The maximum Gasteiger partial charge on any atom is 0.0330 e. The third-order valence-electron chi connectivity index (χ3n) is 3.40. The van der Waals surface area contributed by atoms with Crippen LogP contribution in [0.3, 0.4) is 0 Å². The summed E-state index contributed by atoms with van der Waals surface area (Å²) >= 11 is 0. The van der Waals surface area contributed by atoms with E-state index in [-0.39, 0.29) is 6.04 Å². The fourth-order valence-corrected chi connectivity index (χ4v) is 2.39. The number of hydrogen-bond donors (Lipinski definition) is 1. The highest BCUT2D eigenvalue weighted by Crippen LogP contribution is 2.36. The zero-order valence-electron chi connectivity index (χ0n) is 10.1. The fraction of sp³-hybridized carbons (Fsp3) is 1.00. The van der Waals surface area contributed by atoms with Crippen LogP contribution in [0.2, 0.25) is 0 Å². The summed E-state index contributed by atoms with van der Waals surface area (Å²) in [5.74, 6) is 0. The smallest absolute Gasteiger partial charge is 0.0330 e. The molecule has 1 rings (SSSR count). The van der Waals surface area contributed by atoms with E-state index in [1.165, 1.54) is 19.3 Å². The molecule has 0 unspecified atom stereocenters. The Kier molecular flexibility index (Phi) is 3.93. The van der Waals surface area contributed by atoms with E-state index in [1.807, 2.05) is 0 Å². The first kappa shape index (κ1) is 12.0. The number of likely N-dealkylation sites (N-methyl/N-ethyl adjacent to an activating group) is 2. The molecule has 2 N–H and O–H groups in total. The van der Waals surface area contributed by atoms with E-state index >= 15 is 0 Å². The maximum absolute atomic E-state index is 5.79. The van der Waals surface area contributed by atoms with E-state index in [2.05, 4.69) is 37.9 Å². The van der Waals surface area contributed by atoms with Crippen molar-refractivity contribution in [2.24, 2.45) is 5.73 Å². The van der Waals surface area contributed by atoms with Gasteiger partial charge in [-0.15, -0.1) is 0 Å². The monoisotopic (exact) mass is 199 g/mol. The average Bonchev–Trinajstić information content (AvgIpc) is 1.94. The first-order valence-electron chi connectivity index (χ1n) is 5.58.